The average molecular weight is 480 g/mol. The van der Waals surface area contributed by atoms with E-state index in [-0.39, 0.29) is 18.1 Å². The van der Waals surface area contributed by atoms with Gasteiger partial charge in [0.15, 0.2) is 11.5 Å². The van der Waals surface area contributed by atoms with Crippen LogP contribution < -0.4 is 19.6 Å². The van der Waals surface area contributed by atoms with Gasteiger partial charge in [0.1, 0.15) is 43.1 Å². The van der Waals surface area contributed by atoms with Crippen molar-refractivity contribution in [2.45, 2.75) is 39.8 Å². The largest absolute Gasteiger partial charge is 0.486 e. The maximum absolute atomic E-state index is 13.7. The third kappa shape index (κ3) is 4.23. The summed E-state index contributed by atoms with van der Waals surface area (Å²) in [6.07, 6.45) is 0.632. The molecular weight excluding hydrogens is 450 g/mol. The summed E-state index contributed by atoms with van der Waals surface area (Å²) in [6, 6.07) is 8.55. The molecule has 1 unspecified atom stereocenters. The summed E-state index contributed by atoms with van der Waals surface area (Å²) >= 11 is 0. The van der Waals surface area contributed by atoms with E-state index in [2.05, 4.69) is 13.8 Å². The van der Waals surface area contributed by atoms with Crippen molar-refractivity contribution in [3.63, 3.8) is 0 Å². The van der Waals surface area contributed by atoms with Crippen molar-refractivity contribution >= 4 is 16.9 Å². The Hall–Kier alpha value is -3.52. The lowest BCUT2D eigenvalue weighted by Crippen LogP contribution is -2.46. The van der Waals surface area contributed by atoms with Crippen molar-refractivity contribution in [2.24, 2.45) is 5.92 Å². The van der Waals surface area contributed by atoms with Crippen LogP contribution in [0.4, 0.5) is 0 Å². The molecule has 8 heteroatoms. The van der Waals surface area contributed by atoms with Gasteiger partial charge < -0.3 is 23.4 Å². The predicted molar refractivity (Wildman–Crippen MR) is 130 cm³/mol. The van der Waals surface area contributed by atoms with E-state index in [4.69, 9.17) is 23.4 Å². The SMILES string of the molecule is COC(=O)C(CC(C)C)N1COc2ccc3c(=O)c(-c4ccc5c(c4)OCCO5)c(C)oc3c2C1. The zero-order chi connectivity index (χ0) is 24.7. The average Bonchev–Trinajstić information content (AvgIpc) is 2.86. The predicted octanol–water partition coefficient (Wildman–Crippen LogP) is 4.28. The van der Waals surface area contributed by atoms with Crippen molar-refractivity contribution in [2.75, 3.05) is 27.1 Å². The molecule has 0 bridgehead atoms. The Morgan fingerprint density at radius 1 is 1.06 bits per heavy atom. The Morgan fingerprint density at radius 3 is 2.54 bits per heavy atom. The van der Waals surface area contributed by atoms with E-state index in [0.717, 1.165) is 5.56 Å². The van der Waals surface area contributed by atoms with Gasteiger partial charge in [0.25, 0.3) is 0 Å². The van der Waals surface area contributed by atoms with Crippen LogP contribution in [-0.2, 0) is 16.1 Å². The molecule has 2 aromatic carbocycles. The Kier molecular flexibility index (Phi) is 6.15. The minimum Gasteiger partial charge on any atom is -0.486 e. The molecule has 0 saturated heterocycles. The van der Waals surface area contributed by atoms with Crippen LogP contribution in [0.2, 0.25) is 0 Å². The summed E-state index contributed by atoms with van der Waals surface area (Å²) < 4.78 is 28.6. The minimum absolute atomic E-state index is 0.132. The van der Waals surface area contributed by atoms with Crippen molar-refractivity contribution < 1.29 is 28.2 Å². The molecule has 1 aromatic heterocycles. The van der Waals surface area contributed by atoms with Gasteiger partial charge in [0.2, 0.25) is 5.43 Å². The molecule has 0 aliphatic carbocycles. The fraction of sp³-hybridized carbons (Fsp3) is 0.407. The number of nitrogens with zero attached hydrogens (tertiary/aromatic N) is 1. The highest BCUT2D eigenvalue weighted by molar-refractivity contribution is 5.87. The van der Waals surface area contributed by atoms with E-state index in [1.54, 1.807) is 19.1 Å². The molecule has 35 heavy (non-hydrogen) atoms. The summed E-state index contributed by atoms with van der Waals surface area (Å²) in [5.41, 5.74) is 2.28. The van der Waals surface area contributed by atoms with Gasteiger partial charge in [-0.25, -0.2) is 0 Å². The molecule has 1 atom stereocenters. The normalized spacial score (nSPS) is 16.0. The quantitative estimate of drug-likeness (QED) is 0.501. The van der Waals surface area contributed by atoms with Gasteiger partial charge in [-0.1, -0.05) is 19.9 Å². The molecule has 0 saturated carbocycles. The van der Waals surface area contributed by atoms with Gasteiger partial charge in [0, 0.05) is 6.54 Å². The number of carbonyl (C=O) groups excluding carboxylic acids is 1. The third-order valence-electron chi connectivity index (χ3n) is 6.48. The number of rotatable bonds is 5. The van der Waals surface area contributed by atoms with Crippen molar-refractivity contribution in [1.29, 1.82) is 0 Å². The van der Waals surface area contributed by atoms with Gasteiger partial charge in [-0.15, -0.1) is 0 Å². The van der Waals surface area contributed by atoms with Gasteiger partial charge in [0.05, 0.1) is 23.6 Å². The molecule has 184 valence electrons. The molecule has 0 N–H and O–H groups in total. The molecule has 0 fully saturated rings. The molecule has 3 aromatic rings. The fourth-order valence-electron chi connectivity index (χ4n) is 4.80. The van der Waals surface area contributed by atoms with E-state index >= 15 is 0 Å². The van der Waals surface area contributed by atoms with E-state index in [1.165, 1.54) is 7.11 Å². The number of aryl methyl sites for hydroxylation is 1. The van der Waals surface area contributed by atoms with Gasteiger partial charge >= 0.3 is 5.97 Å². The van der Waals surface area contributed by atoms with E-state index < -0.39 is 6.04 Å². The first kappa shape index (κ1) is 23.2. The summed E-state index contributed by atoms with van der Waals surface area (Å²) in [5.74, 6) is 2.41. The number of benzene rings is 2. The van der Waals surface area contributed by atoms with Gasteiger partial charge in [-0.2, -0.15) is 0 Å². The van der Waals surface area contributed by atoms with Crippen LogP contribution in [0.25, 0.3) is 22.1 Å². The van der Waals surface area contributed by atoms with Crippen molar-refractivity contribution in [3.05, 3.63) is 51.9 Å². The summed E-state index contributed by atoms with van der Waals surface area (Å²) in [4.78, 5) is 28.1. The smallest absolute Gasteiger partial charge is 0.323 e. The Labute approximate surface area is 203 Å². The second kappa shape index (κ2) is 9.26. The molecule has 0 spiro atoms. The van der Waals surface area contributed by atoms with Crippen LogP contribution in [0.5, 0.6) is 17.2 Å². The molecule has 5 rings (SSSR count). The van der Waals surface area contributed by atoms with Gasteiger partial charge in [-0.05, 0) is 49.1 Å². The van der Waals surface area contributed by atoms with Crippen LogP contribution in [0, 0.1) is 12.8 Å². The lowest BCUT2D eigenvalue weighted by atomic mass is 9.98. The first-order valence-corrected chi connectivity index (χ1v) is 11.8. The third-order valence-corrected chi connectivity index (χ3v) is 6.48. The topological polar surface area (TPSA) is 87.4 Å². The van der Waals surface area contributed by atoms with Crippen LogP contribution in [0.15, 0.2) is 39.5 Å². The highest BCUT2D eigenvalue weighted by atomic mass is 16.6. The zero-order valence-corrected chi connectivity index (χ0v) is 20.4. The molecule has 0 amide bonds. The summed E-state index contributed by atoms with van der Waals surface area (Å²) in [6.45, 7) is 7.53. The highest BCUT2D eigenvalue weighted by Crippen LogP contribution is 2.37. The summed E-state index contributed by atoms with van der Waals surface area (Å²) in [7, 11) is 1.39. The first-order valence-electron chi connectivity index (χ1n) is 11.8. The van der Waals surface area contributed by atoms with E-state index in [9.17, 15) is 9.59 Å². The van der Waals surface area contributed by atoms with E-state index in [0.29, 0.717) is 77.2 Å². The lowest BCUT2D eigenvalue weighted by Gasteiger charge is -2.34. The Bertz CT molecular complexity index is 1340. The number of hydrogen-bond donors (Lipinski definition) is 0. The molecular formula is C27H29NO7. The standard InChI is InChI=1S/C27H29NO7/c1-15(2)11-20(27(30)31-4)28-13-19-21(34-14-28)8-6-18-25(29)24(16(3)35-26(18)19)17-5-7-22-23(12-17)33-10-9-32-22/h5-8,12,15,20H,9-11,13-14H2,1-4H3. The lowest BCUT2D eigenvalue weighted by molar-refractivity contribution is -0.150. The summed E-state index contributed by atoms with van der Waals surface area (Å²) in [5, 5.41) is 0.461. The number of esters is 1. The van der Waals surface area contributed by atoms with Crippen molar-refractivity contribution in [1.82, 2.24) is 4.90 Å². The van der Waals surface area contributed by atoms with Crippen LogP contribution >= 0.6 is 0 Å². The Balaban J connectivity index is 1.57. The fourth-order valence-corrected chi connectivity index (χ4v) is 4.80. The second-order valence-electron chi connectivity index (χ2n) is 9.33. The van der Waals surface area contributed by atoms with Crippen LogP contribution in [0.3, 0.4) is 0 Å². The molecule has 8 nitrogen and oxygen atoms in total. The molecule has 2 aliphatic rings. The number of methoxy groups -OCH3 is 1. The van der Waals surface area contributed by atoms with Crippen LogP contribution in [-0.4, -0.2) is 44.0 Å². The minimum atomic E-state index is -0.451. The number of fused-ring (bicyclic) bond motifs is 4. The Morgan fingerprint density at radius 2 is 1.80 bits per heavy atom. The number of carbonyl (C=O) groups is 1. The van der Waals surface area contributed by atoms with E-state index in [1.807, 2.05) is 23.1 Å². The maximum atomic E-state index is 13.7. The number of ether oxygens (including phenoxy) is 4. The highest BCUT2D eigenvalue weighted by Gasteiger charge is 2.33. The number of hydrogen-bond acceptors (Lipinski definition) is 8. The van der Waals surface area contributed by atoms with Crippen molar-refractivity contribution in [3.8, 4) is 28.4 Å². The molecule has 3 heterocycles. The molecule has 0 radical (unpaired) electrons. The monoisotopic (exact) mass is 479 g/mol. The van der Waals surface area contributed by atoms with Crippen LogP contribution in [0.1, 0.15) is 31.6 Å². The van der Waals surface area contributed by atoms with Gasteiger partial charge in [-0.3, -0.25) is 14.5 Å². The molecule has 2 aliphatic heterocycles. The zero-order valence-electron chi connectivity index (χ0n) is 20.4. The second-order valence-corrected chi connectivity index (χ2v) is 9.33. The first-order chi connectivity index (χ1) is 16.9. The maximum Gasteiger partial charge on any atom is 0.323 e.